The number of amides is 1. The van der Waals surface area contributed by atoms with Gasteiger partial charge in [-0.15, -0.1) is 0 Å². The van der Waals surface area contributed by atoms with E-state index in [0.717, 1.165) is 32.1 Å². The summed E-state index contributed by atoms with van der Waals surface area (Å²) < 4.78 is 37.8. The molecule has 1 atom stereocenters. The van der Waals surface area contributed by atoms with Gasteiger partial charge in [0, 0.05) is 70.1 Å². The molecule has 1 amide bonds. The Hall–Kier alpha value is -4.07. The van der Waals surface area contributed by atoms with Crippen molar-refractivity contribution in [1.29, 1.82) is 0 Å². The highest BCUT2D eigenvalue weighted by Crippen LogP contribution is 2.34. The number of nitrogens with zero attached hydrogens (tertiary/aromatic N) is 6. The maximum absolute atomic E-state index is 15.0. The Bertz CT molecular complexity index is 1840. The maximum Gasteiger partial charge on any atom is 0.263 e. The number of aromatic nitrogens is 4. The van der Waals surface area contributed by atoms with Crippen LogP contribution in [0.3, 0.4) is 0 Å². The molecule has 14 heteroatoms. The highest BCUT2D eigenvalue weighted by atomic mass is 35.5. The van der Waals surface area contributed by atoms with Crippen LogP contribution in [0.25, 0.3) is 22.2 Å². The highest BCUT2D eigenvalue weighted by Gasteiger charge is 2.27. The van der Waals surface area contributed by atoms with E-state index in [1.54, 1.807) is 36.9 Å². The SMILES string of the molecule is COCCN1CCN(c2cc(NC(=O)Cn3cc(-c4cc(C)c(O)c(F)c4)c4c(=O)n5c(nc43)CCC5)c(Cl)c(F)n2)[C@@H](C)C1. The topological polar surface area (TPSA) is 118 Å². The predicted molar refractivity (Wildman–Crippen MR) is 167 cm³/mol. The molecule has 5 heterocycles. The van der Waals surface area contributed by atoms with Crippen LogP contribution in [0, 0.1) is 18.7 Å². The van der Waals surface area contributed by atoms with Crippen molar-refractivity contribution in [2.45, 2.75) is 45.8 Å². The number of hydrogen-bond donors (Lipinski definition) is 2. The monoisotopic (exact) mass is 641 g/mol. The number of piperazine rings is 1. The lowest BCUT2D eigenvalue weighted by molar-refractivity contribution is -0.116. The number of halogens is 3. The summed E-state index contributed by atoms with van der Waals surface area (Å²) in [7, 11) is 1.66. The summed E-state index contributed by atoms with van der Waals surface area (Å²) in [6.45, 7) is 7.31. The predicted octanol–water partition coefficient (Wildman–Crippen LogP) is 3.95. The van der Waals surface area contributed by atoms with Crippen molar-refractivity contribution in [3.05, 3.63) is 62.9 Å². The molecule has 6 rings (SSSR count). The van der Waals surface area contributed by atoms with Crippen molar-refractivity contribution in [1.82, 2.24) is 24.0 Å². The summed E-state index contributed by atoms with van der Waals surface area (Å²) in [4.78, 5) is 40.0. The van der Waals surface area contributed by atoms with Crippen molar-refractivity contribution >= 4 is 40.0 Å². The number of hydrogen-bond acceptors (Lipinski definition) is 8. The van der Waals surface area contributed by atoms with Gasteiger partial charge in [-0.05, 0) is 43.5 Å². The number of methoxy groups -OCH3 is 1. The van der Waals surface area contributed by atoms with Gasteiger partial charge < -0.3 is 24.6 Å². The minimum absolute atomic E-state index is 0.0252. The van der Waals surface area contributed by atoms with Gasteiger partial charge in [-0.25, -0.2) is 14.4 Å². The molecule has 1 saturated heterocycles. The molecule has 2 aliphatic heterocycles. The van der Waals surface area contributed by atoms with E-state index in [0.29, 0.717) is 54.4 Å². The largest absolute Gasteiger partial charge is 0.505 e. The smallest absolute Gasteiger partial charge is 0.263 e. The number of phenols is 1. The number of pyridine rings is 1. The molecule has 4 aromatic rings. The lowest BCUT2D eigenvalue weighted by Crippen LogP contribution is -2.53. The molecule has 3 aromatic heterocycles. The van der Waals surface area contributed by atoms with Gasteiger partial charge in [-0.1, -0.05) is 11.6 Å². The Morgan fingerprint density at radius 3 is 2.73 bits per heavy atom. The molecule has 2 aliphatic rings. The van der Waals surface area contributed by atoms with E-state index in [1.807, 2.05) is 11.8 Å². The van der Waals surface area contributed by atoms with Gasteiger partial charge >= 0.3 is 0 Å². The van der Waals surface area contributed by atoms with Gasteiger partial charge in [0.2, 0.25) is 11.9 Å². The quantitative estimate of drug-likeness (QED) is 0.278. The Labute approximate surface area is 263 Å². The highest BCUT2D eigenvalue weighted by molar-refractivity contribution is 6.33. The molecule has 0 bridgehead atoms. The van der Waals surface area contributed by atoms with Crippen molar-refractivity contribution < 1.29 is 23.4 Å². The standard InChI is InChI=1S/C31H34ClF2N7O4/c1-17-11-19(12-21(33)28(17)43)20-15-39(30-26(20)31(44)41-6-4-5-23(41)37-30)16-25(42)35-22-13-24(36-29(34)27(22)32)40-8-7-38(9-10-45-3)14-18(40)2/h11-13,15,18,43H,4-10,14,16H2,1-3H3,(H,35,36,42)/t18-/m0/s1. The van der Waals surface area contributed by atoms with Crippen LogP contribution in [-0.2, 0) is 29.0 Å². The van der Waals surface area contributed by atoms with Gasteiger partial charge in [0.25, 0.3) is 5.56 Å². The van der Waals surface area contributed by atoms with Gasteiger partial charge in [0.1, 0.15) is 28.9 Å². The lowest BCUT2D eigenvalue weighted by atomic mass is 10.0. The molecule has 1 aromatic carbocycles. The molecule has 11 nitrogen and oxygen atoms in total. The molecule has 0 aliphatic carbocycles. The minimum Gasteiger partial charge on any atom is -0.505 e. The summed E-state index contributed by atoms with van der Waals surface area (Å²) in [6.07, 6.45) is 2.94. The molecule has 0 radical (unpaired) electrons. The second-order valence-electron chi connectivity index (χ2n) is 11.6. The normalized spacial score (nSPS) is 16.8. The van der Waals surface area contributed by atoms with Gasteiger partial charge in [-0.2, -0.15) is 4.39 Å². The van der Waals surface area contributed by atoms with Gasteiger partial charge in [0.05, 0.1) is 17.7 Å². The van der Waals surface area contributed by atoms with Crippen LogP contribution < -0.4 is 15.8 Å². The molecular formula is C31H34ClF2N7O4. The van der Waals surface area contributed by atoms with Crippen molar-refractivity contribution in [2.24, 2.45) is 0 Å². The van der Waals surface area contributed by atoms with Crippen LogP contribution in [0.4, 0.5) is 20.3 Å². The lowest BCUT2D eigenvalue weighted by Gasteiger charge is -2.40. The zero-order valence-corrected chi connectivity index (χ0v) is 26.0. The molecule has 2 N–H and O–H groups in total. The molecule has 0 saturated carbocycles. The number of benzene rings is 1. The van der Waals surface area contributed by atoms with E-state index in [2.05, 4.69) is 15.2 Å². The van der Waals surface area contributed by atoms with E-state index in [4.69, 9.17) is 21.3 Å². The summed E-state index contributed by atoms with van der Waals surface area (Å²) in [6, 6.07) is 4.31. The molecule has 0 spiro atoms. The third kappa shape index (κ3) is 5.87. The van der Waals surface area contributed by atoms with Crippen molar-refractivity contribution in [3.63, 3.8) is 0 Å². The first-order valence-corrected chi connectivity index (χ1v) is 15.2. The molecule has 238 valence electrons. The second kappa shape index (κ2) is 12.4. The number of fused-ring (bicyclic) bond motifs is 2. The van der Waals surface area contributed by atoms with Crippen LogP contribution in [0.5, 0.6) is 5.75 Å². The summed E-state index contributed by atoms with van der Waals surface area (Å²) in [5.41, 5.74) is 1.11. The van der Waals surface area contributed by atoms with Crippen LogP contribution in [0.15, 0.2) is 29.2 Å². The number of ether oxygens (including phenoxy) is 1. The molecule has 1 fully saturated rings. The van der Waals surface area contributed by atoms with E-state index >= 15 is 0 Å². The zero-order chi connectivity index (χ0) is 32.0. The zero-order valence-electron chi connectivity index (χ0n) is 25.2. The van der Waals surface area contributed by atoms with Gasteiger partial charge in [0.15, 0.2) is 11.6 Å². The van der Waals surface area contributed by atoms with Crippen LogP contribution >= 0.6 is 11.6 Å². The average Bonchev–Trinajstić information content (AvgIpc) is 3.62. The number of carbonyl (C=O) groups is 1. The number of carbonyl (C=O) groups excluding carboxylic acids is 1. The number of rotatable bonds is 8. The fraction of sp³-hybridized carbons (Fsp3) is 0.419. The number of nitrogens with one attached hydrogen (secondary N) is 1. The molecule has 0 unspecified atom stereocenters. The summed E-state index contributed by atoms with van der Waals surface area (Å²) in [5.74, 6) is -1.77. The Kier molecular flexibility index (Phi) is 8.51. The first kappa shape index (κ1) is 30.9. The number of phenolic OH excluding ortho intramolecular Hbond substituents is 1. The number of aromatic hydroxyl groups is 1. The first-order valence-electron chi connectivity index (χ1n) is 14.8. The Morgan fingerprint density at radius 2 is 2.00 bits per heavy atom. The molecule has 45 heavy (non-hydrogen) atoms. The fourth-order valence-electron chi connectivity index (χ4n) is 6.22. The first-order chi connectivity index (χ1) is 21.5. The number of aryl methyl sites for hydroxylation is 2. The summed E-state index contributed by atoms with van der Waals surface area (Å²) in [5, 5.41) is 12.6. The van der Waals surface area contributed by atoms with Crippen molar-refractivity contribution in [2.75, 3.05) is 50.1 Å². The van der Waals surface area contributed by atoms with Crippen LogP contribution in [0.2, 0.25) is 5.02 Å². The maximum atomic E-state index is 15.0. The minimum atomic E-state index is -0.901. The second-order valence-corrected chi connectivity index (χ2v) is 12.0. The Balaban J connectivity index is 1.31. The van der Waals surface area contributed by atoms with Crippen LogP contribution in [-0.4, -0.2) is 81.0 Å². The van der Waals surface area contributed by atoms with E-state index in [-0.39, 0.29) is 39.9 Å². The van der Waals surface area contributed by atoms with Crippen LogP contribution in [0.1, 0.15) is 24.7 Å². The third-order valence-corrected chi connectivity index (χ3v) is 8.87. The fourth-order valence-corrected chi connectivity index (χ4v) is 6.37. The van der Waals surface area contributed by atoms with Gasteiger partial charge in [-0.3, -0.25) is 19.1 Å². The number of anilines is 2. The Morgan fingerprint density at radius 1 is 1.20 bits per heavy atom. The van der Waals surface area contributed by atoms with E-state index in [1.165, 1.54) is 4.57 Å². The summed E-state index contributed by atoms with van der Waals surface area (Å²) >= 11 is 6.26. The van der Waals surface area contributed by atoms with E-state index in [9.17, 15) is 23.5 Å². The van der Waals surface area contributed by atoms with E-state index < -0.39 is 23.4 Å². The molecular weight excluding hydrogens is 608 g/mol. The average molecular weight is 642 g/mol. The van der Waals surface area contributed by atoms with Crippen molar-refractivity contribution in [3.8, 4) is 16.9 Å². The third-order valence-electron chi connectivity index (χ3n) is 8.51.